The van der Waals surface area contributed by atoms with Crippen LogP contribution < -0.4 is 5.32 Å². The minimum Gasteiger partial charge on any atom is -0.339 e. The van der Waals surface area contributed by atoms with E-state index in [2.05, 4.69) is 59.8 Å². The standard InChI is InChI=1S/C23H32N4O/c1-27(2)18-10-8-17(9-11-18)21-25-22(26-28-21)23(12-13-23)15-24-20-14-19(20)16-6-4-3-5-7-16/h3-7,17-20,24H,8-15H2,1-2H3/t17?,18?,19?,20-/m1/s1. The lowest BCUT2D eigenvalue weighted by molar-refractivity contribution is 0.201. The highest BCUT2D eigenvalue weighted by molar-refractivity contribution is 5.28. The molecule has 2 aromatic rings. The minimum absolute atomic E-state index is 0.117. The highest BCUT2D eigenvalue weighted by Crippen LogP contribution is 2.48. The monoisotopic (exact) mass is 380 g/mol. The van der Waals surface area contributed by atoms with Gasteiger partial charge in [0.15, 0.2) is 5.82 Å². The maximum absolute atomic E-state index is 5.74. The zero-order chi connectivity index (χ0) is 19.1. The van der Waals surface area contributed by atoms with E-state index >= 15 is 0 Å². The number of hydrogen-bond acceptors (Lipinski definition) is 5. The molecule has 1 heterocycles. The smallest absolute Gasteiger partial charge is 0.229 e. The molecular formula is C23H32N4O. The maximum atomic E-state index is 5.74. The molecule has 3 fully saturated rings. The van der Waals surface area contributed by atoms with Gasteiger partial charge in [-0.3, -0.25) is 0 Å². The van der Waals surface area contributed by atoms with Crippen molar-refractivity contribution >= 4 is 0 Å². The lowest BCUT2D eigenvalue weighted by atomic mass is 9.85. The van der Waals surface area contributed by atoms with Gasteiger partial charge in [-0.15, -0.1) is 0 Å². The van der Waals surface area contributed by atoms with Gasteiger partial charge < -0.3 is 14.7 Å². The second-order valence-electron chi connectivity index (χ2n) is 9.45. The van der Waals surface area contributed by atoms with Crippen LogP contribution in [-0.4, -0.2) is 47.8 Å². The molecule has 5 heteroatoms. The molecule has 0 spiro atoms. The molecule has 3 aliphatic rings. The Bertz CT molecular complexity index is 790. The molecule has 150 valence electrons. The van der Waals surface area contributed by atoms with E-state index < -0.39 is 0 Å². The maximum Gasteiger partial charge on any atom is 0.229 e. The van der Waals surface area contributed by atoms with E-state index in [1.807, 2.05) is 0 Å². The van der Waals surface area contributed by atoms with Crippen LogP contribution in [0.25, 0.3) is 0 Å². The van der Waals surface area contributed by atoms with Crippen LogP contribution in [0.4, 0.5) is 0 Å². The summed E-state index contributed by atoms with van der Waals surface area (Å²) in [5.41, 5.74) is 1.58. The SMILES string of the molecule is CN(C)C1CCC(c2nc(C3(CN[C@@H]4CC4c4ccccc4)CC3)no2)CC1. The van der Waals surface area contributed by atoms with Gasteiger partial charge in [-0.1, -0.05) is 35.5 Å². The van der Waals surface area contributed by atoms with Gasteiger partial charge in [0, 0.05) is 35.9 Å². The first-order valence-electron chi connectivity index (χ1n) is 10.9. The van der Waals surface area contributed by atoms with Gasteiger partial charge in [0.2, 0.25) is 5.89 Å². The summed E-state index contributed by atoms with van der Waals surface area (Å²) in [5.74, 6) is 2.95. The molecule has 0 aliphatic heterocycles. The molecule has 28 heavy (non-hydrogen) atoms. The molecule has 5 nitrogen and oxygen atoms in total. The molecule has 0 amide bonds. The topological polar surface area (TPSA) is 54.2 Å². The fourth-order valence-electron chi connectivity index (χ4n) is 4.90. The Morgan fingerprint density at radius 1 is 1.11 bits per heavy atom. The van der Waals surface area contributed by atoms with Crippen molar-refractivity contribution in [3.8, 4) is 0 Å². The number of nitrogens with zero attached hydrogens (tertiary/aromatic N) is 3. The molecule has 1 unspecified atom stereocenters. The molecule has 0 bridgehead atoms. The van der Waals surface area contributed by atoms with Gasteiger partial charge in [0.1, 0.15) is 0 Å². The number of hydrogen-bond donors (Lipinski definition) is 1. The summed E-state index contributed by atoms with van der Waals surface area (Å²) in [6, 6.07) is 12.2. The van der Waals surface area contributed by atoms with Crippen molar-refractivity contribution in [1.82, 2.24) is 20.4 Å². The molecule has 3 aliphatic carbocycles. The van der Waals surface area contributed by atoms with E-state index in [1.54, 1.807) is 0 Å². The molecule has 1 aromatic heterocycles. The number of rotatable bonds is 7. The van der Waals surface area contributed by atoms with E-state index in [-0.39, 0.29) is 5.41 Å². The number of aromatic nitrogens is 2. The first kappa shape index (κ1) is 18.3. The largest absolute Gasteiger partial charge is 0.339 e. The molecule has 5 rings (SSSR count). The zero-order valence-corrected chi connectivity index (χ0v) is 17.1. The Labute approximate surface area is 167 Å². The van der Waals surface area contributed by atoms with E-state index in [9.17, 15) is 0 Å². The van der Waals surface area contributed by atoms with Gasteiger partial charge in [0.05, 0.1) is 0 Å². The third-order valence-electron chi connectivity index (χ3n) is 7.27. The van der Waals surface area contributed by atoms with E-state index in [0.29, 0.717) is 23.9 Å². The first-order valence-corrected chi connectivity index (χ1v) is 10.9. The van der Waals surface area contributed by atoms with Crippen LogP contribution in [-0.2, 0) is 5.41 Å². The van der Waals surface area contributed by atoms with Crippen molar-refractivity contribution in [2.24, 2.45) is 0 Å². The Morgan fingerprint density at radius 3 is 2.54 bits per heavy atom. The average Bonchev–Trinajstić information content (AvgIpc) is 3.64. The first-order chi connectivity index (χ1) is 13.6. The molecule has 0 saturated heterocycles. The van der Waals surface area contributed by atoms with Crippen LogP contribution in [0, 0.1) is 0 Å². The highest BCUT2D eigenvalue weighted by atomic mass is 16.5. The van der Waals surface area contributed by atoms with Gasteiger partial charge in [-0.2, -0.15) is 4.98 Å². The quantitative estimate of drug-likeness (QED) is 0.791. The van der Waals surface area contributed by atoms with Crippen molar-refractivity contribution in [1.29, 1.82) is 0 Å². The molecule has 3 saturated carbocycles. The predicted octanol–water partition coefficient (Wildman–Crippen LogP) is 3.83. The lowest BCUT2D eigenvalue weighted by Gasteiger charge is -2.31. The van der Waals surface area contributed by atoms with Crippen molar-refractivity contribution in [2.75, 3.05) is 20.6 Å². The van der Waals surface area contributed by atoms with Gasteiger partial charge in [0.25, 0.3) is 0 Å². The molecule has 1 N–H and O–H groups in total. The van der Waals surface area contributed by atoms with Gasteiger partial charge in [-0.25, -0.2) is 0 Å². The third-order valence-corrected chi connectivity index (χ3v) is 7.27. The second kappa shape index (κ2) is 7.27. The van der Waals surface area contributed by atoms with Crippen molar-refractivity contribution in [3.63, 3.8) is 0 Å². The van der Waals surface area contributed by atoms with Crippen LogP contribution in [0.2, 0.25) is 0 Å². The molecule has 2 atom stereocenters. The van der Waals surface area contributed by atoms with Crippen LogP contribution in [0.5, 0.6) is 0 Å². The van der Waals surface area contributed by atoms with E-state index in [4.69, 9.17) is 9.51 Å². The molecular weight excluding hydrogens is 348 g/mol. The molecule has 1 aromatic carbocycles. The van der Waals surface area contributed by atoms with E-state index in [1.165, 1.54) is 37.7 Å². The Balaban J connectivity index is 1.16. The predicted molar refractivity (Wildman–Crippen MR) is 109 cm³/mol. The number of nitrogens with one attached hydrogen (secondary N) is 1. The minimum atomic E-state index is 0.117. The van der Waals surface area contributed by atoms with Crippen molar-refractivity contribution in [2.45, 2.75) is 74.3 Å². The fourth-order valence-corrected chi connectivity index (χ4v) is 4.90. The van der Waals surface area contributed by atoms with Crippen molar-refractivity contribution in [3.05, 3.63) is 47.6 Å². The van der Waals surface area contributed by atoms with Crippen LogP contribution in [0.1, 0.15) is 74.1 Å². The Morgan fingerprint density at radius 2 is 1.86 bits per heavy atom. The second-order valence-corrected chi connectivity index (χ2v) is 9.45. The van der Waals surface area contributed by atoms with Crippen LogP contribution in [0.3, 0.4) is 0 Å². The summed E-state index contributed by atoms with van der Waals surface area (Å²) in [6.45, 7) is 0.980. The van der Waals surface area contributed by atoms with Crippen LogP contribution >= 0.6 is 0 Å². The highest BCUT2D eigenvalue weighted by Gasteiger charge is 2.50. The average molecular weight is 381 g/mol. The summed E-state index contributed by atoms with van der Waals surface area (Å²) in [5, 5.41) is 8.21. The van der Waals surface area contributed by atoms with Gasteiger partial charge in [-0.05, 0) is 64.6 Å². The molecule has 0 radical (unpaired) electrons. The number of benzene rings is 1. The third kappa shape index (κ3) is 3.62. The fraction of sp³-hybridized carbons (Fsp3) is 0.652. The van der Waals surface area contributed by atoms with Gasteiger partial charge >= 0.3 is 0 Å². The zero-order valence-electron chi connectivity index (χ0n) is 17.1. The summed E-state index contributed by atoms with van der Waals surface area (Å²) in [7, 11) is 4.36. The van der Waals surface area contributed by atoms with Crippen LogP contribution in [0.15, 0.2) is 34.9 Å². The Kier molecular flexibility index (Phi) is 4.76. The normalized spacial score (nSPS) is 31.1. The van der Waals surface area contributed by atoms with E-state index in [0.717, 1.165) is 31.1 Å². The Hall–Kier alpha value is -1.72. The summed E-state index contributed by atoms with van der Waals surface area (Å²) in [4.78, 5) is 7.23. The summed E-state index contributed by atoms with van der Waals surface area (Å²) < 4.78 is 5.74. The van der Waals surface area contributed by atoms with Crippen molar-refractivity contribution < 1.29 is 4.52 Å². The summed E-state index contributed by atoms with van der Waals surface area (Å²) >= 11 is 0. The summed E-state index contributed by atoms with van der Waals surface area (Å²) in [6.07, 6.45) is 8.37. The lowest BCUT2D eigenvalue weighted by Crippen LogP contribution is -2.31.